The van der Waals surface area contributed by atoms with Crippen molar-refractivity contribution < 1.29 is 22.3 Å². The Morgan fingerprint density at radius 2 is 1.77 bits per heavy atom. The number of benzene rings is 1. The maximum Gasteiger partial charge on any atom is 0.513 e. The molecule has 156 valence electrons. The molecule has 3 rings (SSSR count). The van der Waals surface area contributed by atoms with Crippen LogP contribution in [0.15, 0.2) is 65.1 Å². The van der Waals surface area contributed by atoms with Crippen LogP contribution < -0.4 is 0 Å². The molecule has 0 radical (unpaired) electrons. The summed E-state index contributed by atoms with van der Waals surface area (Å²) < 4.78 is 46.7. The Bertz CT molecular complexity index is 1120. The van der Waals surface area contributed by atoms with Crippen LogP contribution in [-0.4, -0.2) is 39.0 Å². The molecular formula is C17H19N4O5P3S+2. The van der Waals surface area contributed by atoms with E-state index >= 15 is 0 Å². The highest BCUT2D eigenvalue weighted by Gasteiger charge is 2.39. The molecule has 0 aliphatic carbocycles. The van der Waals surface area contributed by atoms with Crippen LogP contribution in [0.4, 0.5) is 0 Å². The summed E-state index contributed by atoms with van der Waals surface area (Å²) in [6, 6.07) is 9.86. The number of hydrogen-bond acceptors (Lipinski definition) is 9. The Morgan fingerprint density at radius 1 is 1.07 bits per heavy atom. The average Bonchev–Trinajstić information content (AvgIpc) is 3.09. The monoisotopic (exact) mass is 484 g/mol. The fraction of sp³-hybridized carbons (Fsp3) is 0.235. The van der Waals surface area contributed by atoms with Gasteiger partial charge < -0.3 is 4.57 Å². The number of fused-ring (bicyclic) bond motifs is 1. The molecule has 2 aromatic heterocycles. The van der Waals surface area contributed by atoms with Crippen LogP contribution >= 0.6 is 35.4 Å². The second-order valence-electron chi connectivity index (χ2n) is 5.97. The quantitative estimate of drug-likeness (QED) is 0.209. The Labute approximate surface area is 179 Å². The smallest absolute Gasteiger partial charge is 0.311 e. The van der Waals surface area contributed by atoms with E-state index in [1.807, 2.05) is 34.9 Å². The maximum atomic E-state index is 12.5. The molecule has 2 unspecified atom stereocenters. The van der Waals surface area contributed by atoms with Gasteiger partial charge in [0.2, 0.25) is 0 Å². The van der Waals surface area contributed by atoms with Crippen LogP contribution in [0, 0.1) is 0 Å². The van der Waals surface area contributed by atoms with E-state index < -0.39 is 23.7 Å². The summed E-state index contributed by atoms with van der Waals surface area (Å²) in [6.07, 6.45) is 6.30. The van der Waals surface area contributed by atoms with Crippen molar-refractivity contribution >= 4 is 46.6 Å². The number of imidazole rings is 1. The van der Waals surface area contributed by atoms with E-state index in [-0.39, 0.29) is 6.16 Å². The summed E-state index contributed by atoms with van der Waals surface area (Å²) in [5.41, 5.74) is 1.35. The molecule has 0 spiro atoms. The molecule has 0 bridgehead atoms. The molecule has 1 aromatic carbocycles. The van der Waals surface area contributed by atoms with Crippen molar-refractivity contribution in [3.63, 3.8) is 0 Å². The molecular weight excluding hydrogens is 465 g/mol. The highest BCUT2D eigenvalue weighted by molar-refractivity contribution is 7.99. The van der Waals surface area contributed by atoms with Gasteiger partial charge in [0.15, 0.2) is 19.0 Å². The molecule has 9 nitrogen and oxygen atoms in total. The minimum Gasteiger partial charge on any atom is -0.311 e. The van der Waals surface area contributed by atoms with Crippen LogP contribution in [0.1, 0.15) is 0 Å². The molecule has 0 saturated heterocycles. The van der Waals surface area contributed by atoms with Crippen molar-refractivity contribution in [2.45, 2.75) is 16.5 Å². The molecule has 0 aliphatic rings. The van der Waals surface area contributed by atoms with E-state index in [1.165, 1.54) is 31.4 Å². The van der Waals surface area contributed by atoms with Gasteiger partial charge in [-0.25, -0.2) is 15.0 Å². The number of allylic oxidation sites excluding steroid dienone is 2. The van der Waals surface area contributed by atoms with Crippen LogP contribution in [0.5, 0.6) is 0 Å². The molecule has 3 aromatic rings. The second-order valence-corrected chi connectivity index (χ2v) is 11.7. The first kappa shape index (κ1) is 22.9. The van der Waals surface area contributed by atoms with Gasteiger partial charge in [-0.2, -0.15) is 0 Å². The molecule has 30 heavy (non-hydrogen) atoms. The fourth-order valence-electron chi connectivity index (χ4n) is 2.49. The minimum atomic E-state index is -3.74. The van der Waals surface area contributed by atoms with E-state index in [2.05, 4.69) is 15.0 Å². The van der Waals surface area contributed by atoms with E-state index in [4.69, 9.17) is 8.62 Å². The van der Waals surface area contributed by atoms with Gasteiger partial charge in [0.05, 0.1) is 12.5 Å². The highest BCUT2D eigenvalue weighted by Crippen LogP contribution is 2.59. The summed E-state index contributed by atoms with van der Waals surface area (Å²) in [5, 5.41) is 0.749. The third kappa shape index (κ3) is 6.35. The fourth-order valence-corrected chi connectivity index (χ4v) is 7.48. The minimum absolute atomic E-state index is 0.145. The SMILES string of the molecule is C[P+](=O)OP(=O)(C/C=C/Cn1cnc2c(Sc3ccccc3)ncnc21)O[P+](C)=O. The maximum absolute atomic E-state index is 12.5. The Hall–Kier alpha value is -1.79. The van der Waals surface area contributed by atoms with E-state index in [9.17, 15) is 13.7 Å². The number of rotatable bonds is 10. The zero-order valence-electron chi connectivity index (χ0n) is 16.2. The van der Waals surface area contributed by atoms with Crippen LogP contribution in [0.3, 0.4) is 0 Å². The molecule has 2 atom stereocenters. The van der Waals surface area contributed by atoms with Gasteiger partial charge in [-0.05, 0) is 21.3 Å². The Morgan fingerprint density at radius 3 is 2.43 bits per heavy atom. The van der Waals surface area contributed by atoms with Crippen LogP contribution in [0.25, 0.3) is 11.2 Å². The van der Waals surface area contributed by atoms with Crippen molar-refractivity contribution in [2.24, 2.45) is 0 Å². The summed E-state index contributed by atoms with van der Waals surface area (Å²) in [5.74, 6) is 0. The van der Waals surface area contributed by atoms with Gasteiger partial charge in [-0.15, -0.1) is 0 Å². The standard InChI is InChI=1S/C17H19N4O5P3S/c1-27(22)25-29(24,26-28(2)23)11-7-6-10-21-13-20-15-16(21)18-12-19-17(15)30-14-8-4-3-5-9-14/h3-9,12-13H,10-11H2,1-2H3/q+2/b7-6+. The predicted molar refractivity (Wildman–Crippen MR) is 117 cm³/mol. The van der Waals surface area contributed by atoms with Gasteiger partial charge in [-0.3, -0.25) is 4.57 Å². The number of hydrogen-bond donors (Lipinski definition) is 0. The molecule has 0 N–H and O–H groups in total. The van der Waals surface area contributed by atoms with Gasteiger partial charge >= 0.3 is 23.7 Å². The van der Waals surface area contributed by atoms with Crippen molar-refractivity contribution in [2.75, 3.05) is 19.5 Å². The lowest BCUT2D eigenvalue weighted by Gasteiger charge is -2.03. The van der Waals surface area contributed by atoms with Gasteiger partial charge in [0, 0.05) is 11.4 Å². The van der Waals surface area contributed by atoms with Crippen LogP contribution in [0.2, 0.25) is 0 Å². The predicted octanol–water partition coefficient (Wildman–Crippen LogP) is 5.50. The molecule has 0 amide bonds. The van der Waals surface area contributed by atoms with E-state index in [0.29, 0.717) is 17.7 Å². The third-order valence-corrected chi connectivity index (χ3v) is 9.09. The molecule has 0 fully saturated rings. The van der Waals surface area contributed by atoms with Gasteiger partial charge in [-0.1, -0.05) is 50.7 Å². The second kappa shape index (κ2) is 10.5. The summed E-state index contributed by atoms with van der Waals surface area (Å²) in [4.78, 5) is 14.1. The number of nitrogens with zero attached hydrogens (tertiary/aromatic N) is 4. The third-order valence-electron chi connectivity index (χ3n) is 3.60. The zero-order chi connectivity index (χ0) is 21.6. The topological polar surface area (TPSA) is 113 Å². The molecule has 0 aliphatic heterocycles. The van der Waals surface area contributed by atoms with Crippen molar-refractivity contribution in [1.82, 2.24) is 19.5 Å². The van der Waals surface area contributed by atoms with Crippen molar-refractivity contribution in [3.8, 4) is 0 Å². The van der Waals surface area contributed by atoms with E-state index in [1.54, 1.807) is 18.5 Å². The lowest BCUT2D eigenvalue weighted by molar-refractivity contribution is 0.397. The largest absolute Gasteiger partial charge is 0.513 e. The lowest BCUT2D eigenvalue weighted by atomic mass is 10.4. The normalized spacial score (nSPS) is 14.7. The molecule has 0 saturated carbocycles. The zero-order valence-corrected chi connectivity index (χ0v) is 19.7. The first-order valence-electron chi connectivity index (χ1n) is 8.70. The Kier molecular flexibility index (Phi) is 8.00. The average molecular weight is 484 g/mol. The first-order valence-corrected chi connectivity index (χ1v) is 14.5. The number of aromatic nitrogens is 4. The summed E-state index contributed by atoms with van der Waals surface area (Å²) in [6.45, 7) is 2.93. The van der Waals surface area contributed by atoms with Crippen molar-refractivity contribution in [3.05, 3.63) is 55.1 Å². The molecule has 13 heteroatoms. The lowest BCUT2D eigenvalue weighted by Crippen LogP contribution is -1.96. The Balaban J connectivity index is 1.72. The van der Waals surface area contributed by atoms with Crippen LogP contribution in [-0.2, 0) is 28.9 Å². The molecule has 2 heterocycles. The van der Waals surface area contributed by atoms with Gasteiger partial charge in [0.25, 0.3) is 0 Å². The van der Waals surface area contributed by atoms with E-state index in [0.717, 1.165) is 9.92 Å². The summed E-state index contributed by atoms with van der Waals surface area (Å²) >= 11 is 1.50. The first-order chi connectivity index (χ1) is 14.4. The van der Waals surface area contributed by atoms with Crippen molar-refractivity contribution in [1.29, 1.82) is 0 Å². The highest BCUT2D eigenvalue weighted by atomic mass is 32.2. The van der Waals surface area contributed by atoms with Gasteiger partial charge in [0.1, 0.15) is 16.9 Å². The summed E-state index contributed by atoms with van der Waals surface area (Å²) in [7, 11) is -8.06.